The van der Waals surface area contributed by atoms with Crippen molar-refractivity contribution >= 4 is 17.0 Å². The van der Waals surface area contributed by atoms with Crippen LogP contribution in [0.5, 0.6) is 0 Å². The van der Waals surface area contributed by atoms with Gasteiger partial charge >= 0.3 is 0 Å². The summed E-state index contributed by atoms with van der Waals surface area (Å²) in [7, 11) is 1.83. The molecule has 0 atom stereocenters. The van der Waals surface area contributed by atoms with E-state index in [2.05, 4.69) is 35.5 Å². The van der Waals surface area contributed by atoms with Crippen molar-refractivity contribution in [3.8, 4) is 0 Å². The Morgan fingerprint density at radius 1 is 1.30 bits per heavy atom. The van der Waals surface area contributed by atoms with Gasteiger partial charge in [-0.1, -0.05) is 12.2 Å². The van der Waals surface area contributed by atoms with E-state index in [9.17, 15) is 0 Å². The number of aliphatic imine (C=N–C) groups is 1. The van der Waals surface area contributed by atoms with Gasteiger partial charge in [0, 0.05) is 30.6 Å². The van der Waals surface area contributed by atoms with Crippen molar-refractivity contribution in [1.29, 1.82) is 0 Å². The lowest BCUT2D eigenvalue weighted by Crippen LogP contribution is -2.33. The second-order valence-electron chi connectivity index (χ2n) is 5.43. The van der Waals surface area contributed by atoms with Crippen LogP contribution in [0.2, 0.25) is 0 Å². The molecule has 0 aromatic heterocycles. The maximum absolute atomic E-state index is 5.57. The summed E-state index contributed by atoms with van der Waals surface area (Å²) in [6.45, 7) is 12.9. The zero-order valence-corrected chi connectivity index (χ0v) is 13.0. The third kappa shape index (κ3) is 2.93. The van der Waals surface area contributed by atoms with Crippen molar-refractivity contribution in [2.45, 2.75) is 27.2 Å². The normalized spacial score (nSPS) is 16.4. The number of allylic oxidation sites excluding steroid dienone is 1. The Balaban J connectivity index is 2.51. The summed E-state index contributed by atoms with van der Waals surface area (Å²) in [5.74, 6) is 0. The highest BCUT2D eigenvalue weighted by molar-refractivity contribution is 6.03. The first-order valence-corrected chi connectivity index (χ1v) is 7.11. The molecule has 1 aliphatic rings. The molecule has 3 nitrogen and oxygen atoms in total. The van der Waals surface area contributed by atoms with Gasteiger partial charge in [0.25, 0.3) is 0 Å². The van der Waals surface area contributed by atoms with Crippen LogP contribution in [0.3, 0.4) is 0 Å². The van der Waals surface area contributed by atoms with Crippen LogP contribution in [0, 0.1) is 6.92 Å². The summed E-state index contributed by atoms with van der Waals surface area (Å²) < 4.78 is 5.57. The van der Waals surface area contributed by atoms with Crippen molar-refractivity contribution in [1.82, 2.24) is 0 Å². The largest absolute Gasteiger partial charge is 0.361 e. The number of aryl methyl sites for hydroxylation is 1. The van der Waals surface area contributed by atoms with Gasteiger partial charge in [0.2, 0.25) is 0 Å². The minimum atomic E-state index is 0.676. The smallest absolute Gasteiger partial charge is 0.118 e. The van der Waals surface area contributed by atoms with Crippen molar-refractivity contribution in [3.05, 3.63) is 35.4 Å². The van der Waals surface area contributed by atoms with E-state index in [4.69, 9.17) is 4.74 Å². The molecule has 1 aromatic carbocycles. The highest BCUT2D eigenvalue weighted by atomic mass is 16.5. The minimum Gasteiger partial charge on any atom is -0.361 e. The van der Waals surface area contributed by atoms with Crippen LogP contribution in [0.4, 0.5) is 5.69 Å². The summed E-state index contributed by atoms with van der Waals surface area (Å²) in [5, 5.41) is 0. The molecular weight excluding hydrogens is 248 g/mol. The molecule has 0 spiro atoms. The maximum Gasteiger partial charge on any atom is 0.118 e. The lowest BCUT2D eigenvalue weighted by atomic mass is 9.95. The Morgan fingerprint density at radius 2 is 2.05 bits per heavy atom. The first kappa shape index (κ1) is 14.8. The molecule has 1 aliphatic heterocycles. The van der Waals surface area contributed by atoms with Crippen molar-refractivity contribution in [3.63, 3.8) is 0 Å². The molecule has 0 N–H and O–H groups in total. The fourth-order valence-electron chi connectivity index (χ4n) is 2.60. The van der Waals surface area contributed by atoms with E-state index in [1.165, 1.54) is 22.4 Å². The van der Waals surface area contributed by atoms with Gasteiger partial charge in [0.15, 0.2) is 0 Å². The van der Waals surface area contributed by atoms with E-state index >= 15 is 0 Å². The van der Waals surface area contributed by atoms with E-state index < -0.39 is 0 Å². The molecular formula is C17H24N2O. The Kier molecular flexibility index (Phi) is 4.61. The van der Waals surface area contributed by atoms with E-state index in [0.717, 1.165) is 30.9 Å². The standard InChI is InChI=1S/C17H24N2O/c1-12(2)15-9-13(3)17(10-16(15)14(4)18-5)19-7-6-8-20-11-19/h9-10H,1,6-8,11H2,2-5H3/b18-14-. The summed E-state index contributed by atoms with van der Waals surface area (Å²) in [6.07, 6.45) is 1.08. The molecule has 0 aliphatic carbocycles. The average Bonchev–Trinajstić information content (AvgIpc) is 2.47. The number of hydrogen-bond donors (Lipinski definition) is 0. The Bertz CT molecular complexity index is 540. The predicted octanol–water partition coefficient (Wildman–Crippen LogP) is 3.65. The second-order valence-corrected chi connectivity index (χ2v) is 5.43. The maximum atomic E-state index is 5.57. The van der Waals surface area contributed by atoms with E-state index in [1.807, 2.05) is 20.9 Å². The van der Waals surface area contributed by atoms with E-state index in [0.29, 0.717) is 6.73 Å². The van der Waals surface area contributed by atoms with Gasteiger partial charge in [0.05, 0.1) is 6.61 Å². The van der Waals surface area contributed by atoms with Gasteiger partial charge in [-0.25, -0.2) is 0 Å². The fraction of sp³-hybridized carbons (Fsp3) is 0.471. The second kappa shape index (κ2) is 6.23. The topological polar surface area (TPSA) is 24.8 Å². The van der Waals surface area contributed by atoms with Crippen LogP contribution in [-0.4, -0.2) is 32.6 Å². The van der Waals surface area contributed by atoms with Crippen LogP contribution in [0.25, 0.3) is 5.57 Å². The highest BCUT2D eigenvalue weighted by Crippen LogP contribution is 2.29. The zero-order chi connectivity index (χ0) is 14.7. The molecule has 108 valence electrons. The molecule has 20 heavy (non-hydrogen) atoms. The van der Waals surface area contributed by atoms with Gasteiger partial charge < -0.3 is 9.64 Å². The van der Waals surface area contributed by atoms with Crippen LogP contribution in [0.1, 0.15) is 37.0 Å². The number of ether oxygens (including phenoxy) is 1. The molecule has 1 fully saturated rings. The molecule has 1 heterocycles. The first-order chi connectivity index (χ1) is 9.54. The van der Waals surface area contributed by atoms with Crippen molar-refractivity contribution < 1.29 is 4.74 Å². The molecule has 0 saturated carbocycles. The molecule has 0 amide bonds. The number of rotatable bonds is 3. The van der Waals surface area contributed by atoms with E-state index in [-0.39, 0.29) is 0 Å². The molecule has 0 unspecified atom stereocenters. The Labute approximate surface area is 122 Å². The lowest BCUT2D eigenvalue weighted by molar-refractivity contribution is 0.107. The van der Waals surface area contributed by atoms with Crippen LogP contribution in [0.15, 0.2) is 23.7 Å². The summed E-state index contributed by atoms with van der Waals surface area (Å²) in [4.78, 5) is 6.64. The van der Waals surface area contributed by atoms with Gasteiger partial charge in [0.1, 0.15) is 6.73 Å². The molecule has 0 bridgehead atoms. The molecule has 1 aromatic rings. The van der Waals surface area contributed by atoms with Crippen LogP contribution < -0.4 is 4.90 Å². The van der Waals surface area contributed by atoms with Crippen LogP contribution >= 0.6 is 0 Å². The Morgan fingerprint density at radius 3 is 2.60 bits per heavy atom. The third-order valence-corrected chi connectivity index (χ3v) is 3.83. The van der Waals surface area contributed by atoms with Gasteiger partial charge in [-0.15, -0.1) is 0 Å². The highest BCUT2D eigenvalue weighted by Gasteiger charge is 2.17. The van der Waals surface area contributed by atoms with Gasteiger partial charge in [-0.2, -0.15) is 0 Å². The van der Waals surface area contributed by atoms with Crippen molar-refractivity contribution in [2.75, 3.05) is 31.8 Å². The molecule has 0 radical (unpaired) electrons. The quantitative estimate of drug-likeness (QED) is 0.785. The predicted molar refractivity (Wildman–Crippen MR) is 86.8 cm³/mol. The number of anilines is 1. The summed E-state index contributed by atoms with van der Waals surface area (Å²) in [5.41, 5.74) is 6.99. The van der Waals surface area contributed by atoms with Crippen LogP contribution in [-0.2, 0) is 4.74 Å². The number of hydrogen-bond acceptors (Lipinski definition) is 3. The Hall–Kier alpha value is -1.61. The van der Waals surface area contributed by atoms with Gasteiger partial charge in [-0.3, -0.25) is 4.99 Å². The number of nitrogens with zero attached hydrogens (tertiary/aromatic N) is 2. The summed E-state index contributed by atoms with van der Waals surface area (Å²) in [6, 6.07) is 4.45. The minimum absolute atomic E-state index is 0.676. The third-order valence-electron chi connectivity index (χ3n) is 3.83. The SMILES string of the molecule is C=C(C)c1cc(C)c(N2CCCOC2)cc1/C(C)=N\C. The van der Waals surface area contributed by atoms with E-state index in [1.54, 1.807) is 0 Å². The number of benzene rings is 1. The fourth-order valence-corrected chi connectivity index (χ4v) is 2.60. The average molecular weight is 272 g/mol. The zero-order valence-electron chi connectivity index (χ0n) is 13.0. The lowest BCUT2D eigenvalue weighted by Gasteiger charge is -2.31. The first-order valence-electron chi connectivity index (χ1n) is 7.11. The van der Waals surface area contributed by atoms with Crippen molar-refractivity contribution in [2.24, 2.45) is 4.99 Å². The molecule has 2 rings (SSSR count). The molecule has 1 saturated heterocycles. The van der Waals surface area contributed by atoms with Gasteiger partial charge in [-0.05, 0) is 50.5 Å². The summed E-state index contributed by atoms with van der Waals surface area (Å²) >= 11 is 0. The molecule has 3 heteroatoms. The monoisotopic (exact) mass is 272 g/mol.